The van der Waals surface area contributed by atoms with Gasteiger partial charge in [-0.3, -0.25) is 0 Å². The lowest BCUT2D eigenvalue weighted by Gasteiger charge is -2.18. The monoisotopic (exact) mass is 246 g/mol. The number of aliphatic hydroxyl groups excluding tert-OH is 1. The maximum atomic E-state index is 9.24. The van der Waals surface area contributed by atoms with Crippen LogP contribution in [0.2, 0.25) is 10.0 Å². The van der Waals surface area contributed by atoms with Crippen LogP contribution in [0.3, 0.4) is 0 Å². The Hall–Kier alpha value is -0.240. The molecule has 15 heavy (non-hydrogen) atoms. The van der Waals surface area contributed by atoms with Crippen LogP contribution in [0.5, 0.6) is 0 Å². The molecule has 0 spiro atoms. The van der Waals surface area contributed by atoms with Gasteiger partial charge in [0.25, 0.3) is 0 Å². The van der Waals surface area contributed by atoms with Crippen molar-refractivity contribution in [2.75, 3.05) is 6.61 Å². The van der Waals surface area contributed by atoms with Crippen molar-refractivity contribution < 1.29 is 5.11 Å². The Labute approximate surface area is 101 Å². The summed E-state index contributed by atoms with van der Waals surface area (Å²) in [5.41, 5.74) is 1.01. The minimum atomic E-state index is 0.181. The van der Waals surface area contributed by atoms with E-state index in [1.165, 1.54) is 0 Å². The average molecular weight is 247 g/mol. The summed E-state index contributed by atoms with van der Waals surface area (Å²) in [7, 11) is 0. The van der Waals surface area contributed by atoms with Crippen molar-refractivity contribution in [1.29, 1.82) is 0 Å². The van der Waals surface area contributed by atoms with Crippen LogP contribution in [-0.4, -0.2) is 11.7 Å². The largest absolute Gasteiger partial charge is 0.396 e. The van der Waals surface area contributed by atoms with E-state index in [9.17, 15) is 5.11 Å². The van der Waals surface area contributed by atoms with E-state index in [-0.39, 0.29) is 12.5 Å². The Morgan fingerprint density at radius 1 is 1.27 bits per heavy atom. The molecule has 0 saturated carbocycles. The van der Waals surface area contributed by atoms with Gasteiger partial charge in [0.05, 0.1) is 0 Å². The molecule has 0 heterocycles. The molecule has 0 fully saturated rings. The Morgan fingerprint density at radius 3 is 2.47 bits per heavy atom. The van der Waals surface area contributed by atoms with Gasteiger partial charge in [-0.1, -0.05) is 37.0 Å². The summed E-state index contributed by atoms with van der Waals surface area (Å²) in [6, 6.07) is 5.44. The van der Waals surface area contributed by atoms with Crippen molar-refractivity contribution in [3.05, 3.63) is 33.8 Å². The molecular formula is C12H16Cl2O. The summed E-state index contributed by atoms with van der Waals surface area (Å²) < 4.78 is 0. The zero-order chi connectivity index (χ0) is 11.4. The van der Waals surface area contributed by atoms with Gasteiger partial charge in [0.2, 0.25) is 0 Å². The molecule has 0 bridgehead atoms. The zero-order valence-corrected chi connectivity index (χ0v) is 10.5. The predicted octanol–water partition coefficient (Wildman–Crippen LogP) is 3.80. The van der Waals surface area contributed by atoms with E-state index in [2.05, 4.69) is 13.8 Å². The van der Waals surface area contributed by atoms with Gasteiger partial charge in [0.15, 0.2) is 0 Å². The zero-order valence-electron chi connectivity index (χ0n) is 9.00. The SMILES string of the molecule is CC(C)C(CO)Cc1cc(Cl)ccc1Cl. The Bertz CT molecular complexity index is 323. The minimum absolute atomic E-state index is 0.181. The summed E-state index contributed by atoms with van der Waals surface area (Å²) in [6.45, 7) is 4.37. The summed E-state index contributed by atoms with van der Waals surface area (Å²) in [4.78, 5) is 0. The van der Waals surface area contributed by atoms with E-state index in [4.69, 9.17) is 23.2 Å². The first-order valence-electron chi connectivity index (χ1n) is 5.09. The first-order valence-corrected chi connectivity index (χ1v) is 5.85. The molecule has 1 aromatic rings. The van der Waals surface area contributed by atoms with Crippen molar-refractivity contribution >= 4 is 23.2 Å². The molecule has 0 radical (unpaired) electrons. The second-order valence-corrected chi connectivity index (χ2v) is 4.97. The van der Waals surface area contributed by atoms with Gasteiger partial charge in [-0.2, -0.15) is 0 Å². The summed E-state index contributed by atoms with van der Waals surface area (Å²) in [5.74, 6) is 0.672. The molecule has 1 N–H and O–H groups in total. The van der Waals surface area contributed by atoms with Crippen molar-refractivity contribution in [1.82, 2.24) is 0 Å². The number of halogens is 2. The topological polar surface area (TPSA) is 20.2 Å². The molecule has 0 saturated heterocycles. The molecular weight excluding hydrogens is 231 g/mol. The van der Waals surface area contributed by atoms with E-state index in [1.807, 2.05) is 6.07 Å². The fraction of sp³-hybridized carbons (Fsp3) is 0.500. The van der Waals surface area contributed by atoms with Crippen molar-refractivity contribution in [3.8, 4) is 0 Å². The summed E-state index contributed by atoms with van der Waals surface area (Å²) in [6.07, 6.45) is 0.771. The highest BCUT2D eigenvalue weighted by Gasteiger charge is 2.14. The maximum absolute atomic E-state index is 9.24. The molecule has 1 nitrogen and oxygen atoms in total. The van der Waals surface area contributed by atoms with E-state index >= 15 is 0 Å². The third kappa shape index (κ3) is 3.67. The second-order valence-electron chi connectivity index (χ2n) is 4.13. The van der Waals surface area contributed by atoms with E-state index in [0.717, 1.165) is 17.0 Å². The predicted molar refractivity (Wildman–Crippen MR) is 65.6 cm³/mol. The first kappa shape index (κ1) is 12.8. The van der Waals surface area contributed by atoms with E-state index in [1.54, 1.807) is 12.1 Å². The average Bonchev–Trinajstić information content (AvgIpc) is 2.18. The van der Waals surface area contributed by atoms with Crippen LogP contribution in [0, 0.1) is 11.8 Å². The van der Waals surface area contributed by atoms with Crippen LogP contribution in [0.4, 0.5) is 0 Å². The van der Waals surface area contributed by atoms with Gasteiger partial charge in [0.1, 0.15) is 0 Å². The molecule has 1 rings (SSSR count). The highest BCUT2D eigenvalue weighted by atomic mass is 35.5. The van der Waals surface area contributed by atoms with Crippen molar-refractivity contribution in [2.45, 2.75) is 20.3 Å². The smallest absolute Gasteiger partial charge is 0.0464 e. The molecule has 1 atom stereocenters. The van der Waals surface area contributed by atoms with Crippen LogP contribution in [-0.2, 0) is 6.42 Å². The molecule has 0 aliphatic heterocycles. The molecule has 84 valence electrons. The second kappa shape index (κ2) is 5.74. The molecule has 0 aromatic heterocycles. The van der Waals surface area contributed by atoms with Crippen LogP contribution in [0.25, 0.3) is 0 Å². The molecule has 1 unspecified atom stereocenters. The van der Waals surface area contributed by atoms with Crippen LogP contribution < -0.4 is 0 Å². The van der Waals surface area contributed by atoms with Crippen molar-refractivity contribution in [2.24, 2.45) is 11.8 Å². The van der Waals surface area contributed by atoms with Crippen LogP contribution >= 0.6 is 23.2 Å². The summed E-state index contributed by atoms with van der Waals surface area (Å²) >= 11 is 12.0. The fourth-order valence-corrected chi connectivity index (χ4v) is 1.88. The van der Waals surface area contributed by atoms with E-state index < -0.39 is 0 Å². The Kier molecular flexibility index (Phi) is 4.91. The Balaban J connectivity index is 2.82. The first-order chi connectivity index (χ1) is 7.04. The quantitative estimate of drug-likeness (QED) is 0.857. The number of hydrogen-bond donors (Lipinski definition) is 1. The highest BCUT2D eigenvalue weighted by molar-refractivity contribution is 6.33. The molecule has 3 heteroatoms. The fourth-order valence-electron chi connectivity index (χ4n) is 1.49. The van der Waals surface area contributed by atoms with Crippen molar-refractivity contribution in [3.63, 3.8) is 0 Å². The number of rotatable bonds is 4. The van der Waals surface area contributed by atoms with Gasteiger partial charge in [-0.15, -0.1) is 0 Å². The lowest BCUT2D eigenvalue weighted by molar-refractivity contribution is 0.189. The molecule has 0 aliphatic rings. The summed E-state index contributed by atoms with van der Waals surface area (Å²) in [5, 5.41) is 10.7. The van der Waals surface area contributed by atoms with Gasteiger partial charge in [-0.05, 0) is 42.0 Å². The number of hydrogen-bond acceptors (Lipinski definition) is 1. The van der Waals surface area contributed by atoms with Crippen LogP contribution in [0.1, 0.15) is 19.4 Å². The number of aliphatic hydroxyl groups is 1. The van der Waals surface area contributed by atoms with Gasteiger partial charge < -0.3 is 5.11 Å². The number of benzene rings is 1. The van der Waals surface area contributed by atoms with Gasteiger partial charge >= 0.3 is 0 Å². The highest BCUT2D eigenvalue weighted by Crippen LogP contribution is 2.25. The van der Waals surface area contributed by atoms with Crippen LogP contribution in [0.15, 0.2) is 18.2 Å². The lowest BCUT2D eigenvalue weighted by Crippen LogP contribution is -2.16. The Morgan fingerprint density at radius 2 is 1.93 bits per heavy atom. The third-order valence-electron chi connectivity index (χ3n) is 2.67. The standard InChI is InChI=1S/C12H16Cl2O/c1-8(2)10(7-15)5-9-6-11(13)3-4-12(9)14/h3-4,6,8,10,15H,5,7H2,1-2H3. The minimum Gasteiger partial charge on any atom is -0.396 e. The maximum Gasteiger partial charge on any atom is 0.0464 e. The van der Waals surface area contributed by atoms with E-state index in [0.29, 0.717) is 10.9 Å². The third-order valence-corrected chi connectivity index (χ3v) is 3.27. The van der Waals surface area contributed by atoms with Gasteiger partial charge in [-0.25, -0.2) is 0 Å². The molecule has 0 amide bonds. The normalized spacial score (nSPS) is 13.2. The molecule has 0 aliphatic carbocycles. The van der Waals surface area contributed by atoms with Gasteiger partial charge in [0, 0.05) is 16.7 Å². The molecule has 1 aromatic carbocycles. The lowest BCUT2D eigenvalue weighted by atomic mass is 9.90.